The fourth-order valence-electron chi connectivity index (χ4n) is 3.48. The van der Waals surface area contributed by atoms with Crippen LogP contribution in [0.1, 0.15) is 25.1 Å². The van der Waals surface area contributed by atoms with Crippen LogP contribution in [0.25, 0.3) is 5.69 Å². The van der Waals surface area contributed by atoms with Crippen LogP contribution in [0.15, 0.2) is 24.3 Å². The number of ether oxygens (including phenoxy) is 1. The summed E-state index contributed by atoms with van der Waals surface area (Å²) in [6.45, 7) is 5.32. The molecule has 2 aliphatic heterocycles. The highest BCUT2D eigenvalue weighted by atomic mass is 16.5. The van der Waals surface area contributed by atoms with Gasteiger partial charge in [0, 0.05) is 25.6 Å². The number of hydrogen-bond donors (Lipinski definition) is 0. The Morgan fingerprint density at radius 2 is 2.19 bits per heavy atom. The zero-order valence-corrected chi connectivity index (χ0v) is 12.2. The summed E-state index contributed by atoms with van der Waals surface area (Å²) in [7, 11) is 0. The van der Waals surface area contributed by atoms with Crippen molar-refractivity contribution >= 4 is 0 Å². The van der Waals surface area contributed by atoms with Gasteiger partial charge in [0.05, 0.1) is 5.69 Å². The van der Waals surface area contributed by atoms with Gasteiger partial charge in [0.25, 0.3) is 0 Å². The van der Waals surface area contributed by atoms with Gasteiger partial charge in [0.1, 0.15) is 11.4 Å². The lowest BCUT2D eigenvalue weighted by atomic mass is 9.94. The number of fused-ring (bicyclic) bond motifs is 2. The van der Waals surface area contributed by atoms with E-state index in [2.05, 4.69) is 20.4 Å². The van der Waals surface area contributed by atoms with E-state index in [9.17, 15) is 0 Å². The number of tetrazole rings is 1. The van der Waals surface area contributed by atoms with Gasteiger partial charge >= 0.3 is 0 Å². The molecule has 6 heteroatoms. The monoisotopic (exact) mass is 285 g/mol. The number of benzene rings is 1. The maximum atomic E-state index is 6.39. The highest BCUT2D eigenvalue weighted by molar-refractivity contribution is 5.39. The topological polar surface area (TPSA) is 56.1 Å². The molecule has 2 bridgehead atoms. The standard InChI is InChI=1S/C15H19N5O/c1-12-16-17-18-20(12)13-4-2-5-14(10-13)21-15-6-3-8-19(11-15)9-7-15/h2,4-5,10H,3,6-9,11H2,1H3. The van der Waals surface area contributed by atoms with Crippen molar-refractivity contribution in [1.82, 2.24) is 25.1 Å². The first kappa shape index (κ1) is 12.8. The van der Waals surface area contributed by atoms with E-state index in [4.69, 9.17) is 4.74 Å². The van der Waals surface area contributed by atoms with Crippen LogP contribution in [-0.2, 0) is 0 Å². The molecule has 2 fully saturated rings. The maximum Gasteiger partial charge on any atom is 0.153 e. The largest absolute Gasteiger partial charge is 0.486 e. The van der Waals surface area contributed by atoms with Gasteiger partial charge in [-0.05, 0) is 48.9 Å². The highest BCUT2D eigenvalue weighted by Gasteiger charge is 2.42. The predicted molar refractivity (Wildman–Crippen MR) is 77.5 cm³/mol. The van der Waals surface area contributed by atoms with E-state index in [-0.39, 0.29) is 5.60 Å². The third-order valence-corrected chi connectivity index (χ3v) is 4.52. The van der Waals surface area contributed by atoms with Crippen molar-refractivity contribution in [1.29, 1.82) is 0 Å². The van der Waals surface area contributed by atoms with Gasteiger partial charge in [-0.25, -0.2) is 0 Å². The van der Waals surface area contributed by atoms with E-state index in [1.54, 1.807) is 4.68 Å². The first-order valence-corrected chi connectivity index (χ1v) is 7.51. The van der Waals surface area contributed by atoms with Crippen LogP contribution in [-0.4, -0.2) is 50.3 Å². The van der Waals surface area contributed by atoms with Crippen molar-refractivity contribution in [3.05, 3.63) is 30.1 Å². The SMILES string of the molecule is Cc1nnnn1-c1cccc(OC23CCCN(CC2)C3)c1. The van der Waals surface area contributed by atoms with Crippen molar-refractivity contribution < 1.29 is 4.74 Å². The van der Waals surface area contributed by atoms with Crippen molar-refractivity contribution in [3.8, 4) is 11.4 Å². The molecule has 2 atom stereocenters. The van der Waals surface area contributed by atoms with Gasteiger partial charge in [-0.1, -0.05) is 6.07 Å². The molecule has 0 radical (unpaired) electrons. The molecule has 2 unspecified atom stereocenters. The van der Waals surface area contributed by atoms with Gasteiger partial charge in [-0.2, -0.15) is 4.68 Å². The lowest BCUT2D eigenvalue weighted by molar-refractivity contribution is 0.0453. The van der Waals surface area contributed by atoms with E-state index >= 15 is 0 Å². The molecular weight excluding hydrogens is 266 g/mol. The molecule has 0 saturated carbocycles. The number of hydrogen-bond acceptors (Lipinski definition) is 5. The summed E-state index contributed by atoms with van der Waals surface area (Å²) in [5.74, 6) is 1.68. The van der Waals surface area contributed by atoms with Gasteiger partial charge in [-0.3, -0.25) is 4.90 Å². The Hall–Kier alpha value is -1.95. The Labute approximate surface area is 123 Å². The van der Waals surface area contributed by atoms with E-state index < -0.39 is 0 Å². The molecule has 0 aliphatic carbocycles. The van der Waals surface area contributed by atoms with Crippen LogP contribution < -0.4 is 4.74 Å². The molecule has 4 rings (SSSR count). The van der Waals surface area contributed by atoms with Crippen LogP contribution in [0, 0.1) is 6.92 Å². The van der Waals surface area contributed by atoms with Crippen LogP contribution in [0.4, 0.5) is 0 Å². The molecule has 6 nitrogen and oxygen atoms in total. The quantitative estimate of drug-likeness (QED) is 0.857. The number of rotatable bonds is 3. The van der Waals surface area contributed by atoms with Gasteiger partial charge in [-0.15, -0.1) is 5.10 Å². The van der Waals surface area contributed by atoms with Crippen LogP contribution in [0.5, 0.6) is 5.75 Å². The molecule has 21 heavy (non-hydrogen) atoms. The van der Waals surface area contributed by atoms with Gasteiger partial charge in [0.2, 0.25) is 0 Å². The number of nitrogens with zero attached hydrogens (tertiary/aromatic N) is 5. The van der Waals surface area contributed by atoms with Crippen molar-refractivity contribution in [2.45, 2.75) is 31.8 Å². The highest BCUT2D eigenvalue weighted by Crippen LogP contribution is 2.36. The number of aromatic nitrogens is 4. The Kier molecular flexibility index (Phi) is 2.92. The summed E-state index contributed by atoms with van der Waals surface area (Å²) in [6, 6.07) is 8.04. The molecule has 0 spiro atoms. The summed E-state index contributed by atoms with van der Waals surface area (Å²) in [4.78, 5) is 2.50. The lowest BCUT2D eigenvalue weighted by Gasteiger charge is -2.34. The first-order chi connectivity index (χ1) is 10.2. The Morgan fingerprint density at radius 3 is 3.05 bits per heavy atom. The molecule has 0 N–H and O–H groups in total. The fraction of sp³-hybridized carbons (Fsp3) is 0.533. The van der Waals surface area contributed by atoms with Gasteiger partial charge < -0.3 is 4.74 Å². The second kappa shape index (κ2) is 4.80. The molecule has 1 aromatic heterocycles. The molecule has 0 amide bonds. The molecule has 2 aliphatic rings. The second-order valence-corrected chi connectivity index (χ2v) is 6.05. The third-order valence-electron chi connectivity index (χ3n) is 4.52. The maximum absolute atomic E-state index is 6.39. The normalized spacial score (nSPS) is 27.8. The summed E-state index contributed by atoms with van der Waals surface area (Å²) in [6.07, 6.45) is 3.50. The predicted octanol–water partition coefficient (Wildman–Crippen LogP) is 1.59. The zero-order chi connectivity index (χ0) is 14.3. The summed E-state index contributed by atoms with van der Waals surface area (Å²) < 4.78 is 8.12. The van der Waals surface area contributed by atoms with Crippen LogP contribution in [0.3, 0.4) is 0 Å². The minimum absolute atomic E-state index is 0.00648. The first-order valence-electron chi connectivity index (χ1n) is 7.51. The van der Waals surface area contributed by atoms with Crippen molar-refractivity contribution in [3.63, 3.8) is 0 Å². The second-order valence-electron chi connectivity index (χ2n) is 6.05. The van der Waals surface area contributed by atoms with Crippen molar-refractivity contribution in [2.24, 2.45) is 0 Å². The number of piperidine rings is 1. The Balaban J connectivity index is 1.60. The minimum atomic E-state index is 0.00648. The van der Waals surface area contributed by atoms with Crippen LogP contribution in [0.2, 0.25) is 0 Å². The lowest BCUT2D eigenvalue weighted by Crippen LogP contribution is -2.43. The average molecular weight is 285 g/mol. The smallest absolute Gasteiger partial charge is 0.153 e. The third kappa shape index (κ3) is 2.29. The van der Waals surface area contributed by atoms with E-state index in [0.29, 0.717) is 0 Å². The number of aryl methyl sites for hydroxylation is 1. The summed E-state index contributed by atoms with van der Waals surface area (Å²) in [5, 5.41) is 11.6. The minimum Gasteiger partial charge on any atom is -0.486 e. The molecule has 1 aromatic carbocycles. The molecule has 2 aromatic rings. The zero-order valence-electron chi connectivity index (χ0n) is 12.2. The Bertz CT molecular complexity index is 651. The summed E-state index contributed by atoms with van der Waals surface area (Å²) >= 11 is 0. The fourth-order valence-corrected chi connectivity index (χ4v) is 3.48. The van der Waals surface area contributed by atoms with Crippen LogP contribution >= 0.6 is 0 Å². The van der Waals surface area contributed by atoms with E-state index in [1.165, 1.54) is 13.0 Å². The van der Waals surface area contributed by atoms with E-state index in [1.807, 2.05) is 31.2 Å². The Morgan fingerprint density at radius 1 is 1.24 bits per heavy atom. The van der Waals surface area contributed by atoms with Gasteiger partial charge in [0.15, 0.2) is 5.82 Å². The van der Waals surface area contributed by atoms with E-state index in [0.717, 1.165) is 43.2 Å². The average Bonchev–Trinajstić information content (AvgIpc) is 3.03. The molecular formula is C15H19N5O. The molecule has 2 saturated heterocycles. The summed E-state index contributed by atoms with van der Waals surface area (Å²) in [5.41, 5.74) is 0.948. The molecule has 3 heterocycles. The van der Waals surface area contributed by atoms with Crippen molar-refractivity contribution in [2.75, 3.05) is 19.6 Å². The molecule has 110 valence electrons.